The minimum atomic E-state index is 0.141. The topological polar surface area (TPSA) is 62.5 Å². The van der Waals surface area contributed by atoms with E-state index in [1.165, 1.54) is 0 Å². The normalized spacial score (nSPS) is 16.9. The van der Waals surface area contributed by atoms with Crippen LogP contribution >= 0.6 is 12.2 Å². The average Bonchev–Trinajstić information content (AvgIpc) is 2.34. The minimum absolute atomic E-state index is 0.141. The van der Waals surface area contributed by atoms with Gasteiger partial charge in [0, 0.05) is 32.9 Å². The molecule has 1 aromatic rings. The summed E-state index contributed by atoms with van der Waals surface area (Å²) in [4.78, 5) is 19.9. The zero-order valence-corrected chi connectivity index (χ0v) is 11.1. The first-order valence-electron chi connectivity index (χ1n) is 5.78. The number of hydrogen-bond donors (Lipinski definition) is 1. The molecule has 2 heterocycles. The summed E-state index contributed by atoms with van der Waals surface area (Å²) in [6.45, 7) is 2.69. The van der Waals surface area contributed by atoms with Gasteiger partial charge in [-0.2, -0.15) is 0 Å². The van der Waals surface area contributed by atoms with Crippen molar-refractivity contribution >= 4 is 23.1 Å². The summed E-state index contributed by atoms with van der Waals surface area (Å²) in [6, 6.07) is 3.80. The van der Waals surface area contributed by atoms with E-state index in [0.29, 0.717) is 23.8 Å². The molecule has 0 aromatic carbocycles. The standard InChI is InChI=1S/C12H16N4OS/c1-15-5-6-16(8-10(15)17)7-9-3-2-4-14-11(9)12(13)18/h2-4H,5-8H2,1H3,(H2,13,18). The Kier molecular flexibility index (Phi) is 3.88. The first kappa shape index (κ1) is 12.9. The van der Waals surface area contributed by atoms with E-state index in [0.717, 1.165) is 18.7 Å². The predicted octanol–water partition coefficient (Wildman–Crippen LogP) is -0.0102. The minimum Gasteiger partial charge on any atom is -0.388 e. The Balaban J connectivity index is 2.10. The van der Waals surface area contributed by atoms with Crippen LogP contribution in [0.5, 0.6) is 0 Å². The summed E-state index contributed by atoms with van der Waals surface area (Å²) in [7, 11) is 1.82. The molecule has 1 aromatic heterocycles. The molecule has 96 valence electrons. The number of hydrogen-bond acceptors (Lipinski definition) is 4. The van der Waals surface area contributed by atoms with Crippen molar-refractivity contribution in [1.82, 2.24) is 14.8 Å². The van der Waals surface area contributed by atoms with E-state index >= 15 is 0 Å². The number of likely N-dealkylation sites (N-methyl/N-ethyl adjacent to an activating group) is 1. The maximum atomic E-state index is 11.6. The van der Waals surface area contributed by atoms with E-state index in [-0.39, 0.29) is 5.91 Å². The smallest absolute Gasteiger partial charge is 0.236 e. The third-order valence-electron chi connectivity index (χ3n) is 3.05. The van der Waals surface area contributed by atoms with Crippen molar-refractivity contribution in [2.75, 3.05) is 26.7 Å². The van der Waals surface area contributed by atoms with Gasteiger partial charge in [0.2, 0.25) is 5.91 Å². The van der Waals surface area contributed by atoms with Crippen LogP contribution in [0.2, 0.25) is 0 Å². The SMILES string of the molecule is CN1CCN(Cc2cccnc2C(N)=S)CC1=O. The second-order valence-corrected chi connectivity index (χ2v) is 4.84. The van der Waals surface area contributed by atoms with Crippen molar-refractivity contribution in [3.63, 3.8) is 0 Å². The highest BCUT2D eigenvalue weighted by Crippen LogP contribution is 2.11. The van der Waals surface area contributed by atoms with Gasteiger partial charge in [-0.15, -0.1) is 0 Å². The zero-order valence-electron chi connectivity index (χ0n) is 10.3. The molecule has 0 unspecified atom stereocenters. The molecule has 1 amide bonds. The van der Waals surface area contributed by atoms with Crippen LogP contribution in [0.15, 0.2) is 18.3 Å². The van der Waals surface area contributed by atoms with Crippen LogP contribution in [-0.2, 0) is 11.3 Å². The molecule has 1 fully saturated rings. The molecule has 6 heteroatoms. The third kappa shape index (κ3) is 2.83. The van der Waals surface area contributed by atoms with Crippen LogP contribution in [0.3, 0.4) is 0 Å². The van der Waals surface area contributed by atoms with Gasteiger partial charge in [0.15, 0.2) is 0 Å². The Hall–Kier alpha value is -1.53. The molecular formula is C12H16N4OS. The molecule has 2 rings (SSSR count). The van der Waals surface area contributed by atoms with Gasteiger partial charge < -0.3 is 10.6 Å². The van der Waals surface area contributed by atoms with Crippen LogP contribution in [0.1, 0.15) is 11.3 Å². The highest BCUT2D eigenvalue weighted by atomic mass is 32.1. The summed E-state index contributed by atoms with van der Waals surface area (Å²) < 4.78 is 0. The quantitative estimate of drug-likeness (QED) is 0.778. The lowest BCUT2D eigenvalue weighted by Crippen LogP contribution is -2.48. The van der Waals surface area contributed by atoms with Crippen molar-refractivity contribution in [2.24, 2.45) is 5.73 Å². The summed E-state index contributed by atoms with van der Waals surface area (Å²) in [5.41, 5.74) is 7.27. The second-order valence-electron chi connectivity index (χ2n) is 4.40. The van der Waals surface area contributed by atoms with Crippen molar-refractivity contribution in [1.29, 1.82) is 0 Å². The molecular weight excluding hydrogens is 248 g/mol. The van der Waals surface area contributed by atoms with E-state index in [2.05, 4.69) is 9.88 Å². The lowest BCUT2D eigenvalue weighted by atomic mass is 10.1. The molecule has 18 heavy (non-hydrogen) atoms. The lowest BCUT2D eigenvalue weighted by Gasteiger charge is -2.32. The fraction of sp³-hybridized carbons (Fsp3) is 0.417. The molecule has 0 atom stereocenters. The van der Waals surface area contributed by atoms with Crippen LogP contribution in [-0.4, -0.2) is 52.4 Å². The molecule has 1 saturated heterocycles. The number of pyridine rings is 1. The Morgan fingerprint density at radius 2 is 2.33 bits per heavy atom. The molecule has 0 bridgehead atoms. The van der Waals surface area contributed by atoms with Gasteiger partial charge >= 0.3 is 0 Å². The van der Waals surface area contributed by atoms with Crippen LogP contribution in [0.4, 0.5) is 0 Å². The van der Waals surface area contributed by atoms with Crippen molar-refractivity contribution in [3.8, 4) is 0 Å². The third-order valence-corrected chi connectivity index (χ3v) is 3.25. The number of thiocarbonyl (C=S) groups is 1. The number of carbonyl (C=O) groups is 1. The Morgan fingerprint density at radius 3 is 3.00 bits per heavy atom. The van der Waals surface area contributed by atoms with E-state index in [4.69, 9.17) is 18.0 Å². The molecule has 0 spiro atoms. The Morgan fingerprint density at radius 1 is 1.56 bits per heavy atom. The highest BCUT2D eigenvalue weighted by molar-refractivity contribution is 7.80. The average molecular weight is 264 g/mol. The van der Waals surface area contributed by atoms with E-state index in [1.54, 1.807) is 11.1 Å². The largest absolute Gasteiger partial charge is 0.388 e. The molecule has 1 aliphatic heterocycles. The maximum Gasteiger partial charge on any atom is 0.236 e. The van der Waals surface area contributed by atoms with E-state index < -0.39 is 0 Å². The van der Waals surface area contributed by atoms with Gasteiger partial charge in [0.1, 0.15) is 10.7 Å². The van der Waals surface area contributed by atoms with Crippen molar-refractivity contribution < 1.29 is 4.79 Å². The number of aromatic nitrogens is 1. The van der Waals surface area contributed by atoms with Gasteiger partial charge in [-0.3, -0.25) is 14.7 Å². The van der Waals surface area contributed by atoms with Gasteiger partial charge in [0.05, 0.1) is 6.54 Å². The van der Waals surface area contributed by atoms with E-state index in [9.17, 15) is 4.79 Å². The van der Waals surface area contributed by atoms with Gasteiger partial charge in [-0.25, -0.2) is 0 Å². The van der Waals surface area contributed by atoms with Crippen molar-refractivity contribution in [3.05, 3.63) is 29.6 Å². The van der Waals surface area contributed by atoms with Gasteiger partial charge in [0.25, 0.3) is 0 Å². The Bertz CT molecular complexity index is 477. The summed E-state index contributed by atoms with van der Waals surface area (Å²) in [6.07, 6.45) is 1.67. The predicted molar refractivity (Wildman–Crippen MR) is 73.0 cm³/mol. The number of rotatable bonds is 3. The number of nitrogens with two attached hydrogens (primary N) is 1. The molecule has 0 aliphatic carbocycles. The molecule has 0 saturated carbocycles. The second kappa shape index (κ2) is 5.41. The number of carbonyl (C=O) groups excluding carboxylic acids is 1. The van der Waals surface area contributed by atoms with Crippen LogP contribution in [0.25, 0.3) is 0 Å². The zero-order chi connectivity index (χ0) is 13.1. The number of nitrogens with zero attached hydrogens (tertiary/aromatic N) is 3. The lowest BCUT2D eigenvalue weighted by molar-refractivity contribution is -0.134. The van der Waals surface area contributed by atoms with Crippen molar-refractivity contribution in [2.45, 2.75) is 6.54 Å². The molecule has 5 nitrogen and oxygen atoms in total. The summed E-state index contributed by atoms with van der Waals surface area (Å²) in [5, 5.41) is 0. The number of amides is 1. The summed E-state index contributed by atoms with van der Waals surface area (Å²) in [5.74, 6) is 0.141. The van der Waals surface area contributed by atoms with E-state index in [1.807, 2.05) is 19.2 Å². The van der Waals surface area contributed by atoms with Crippen LogP contribution < -0.4 is 5.73 Å². The molecule has 1 aliphatic rings. The fourth-order valence-electron chi connectivity index (χ4n) is 1.97. The maximum absolute atomic E-state index is 11.6. The first-order chi connectivity index (χ1) is 8.58. The first-order valence-corrected chi connectivity index (χ1v) is 6.19. The van der Waals surface area contributed by atoms with Gasteiger partial charge in [-0.05, 0) is 11.6 Å². The van der Waals surface area contributed by atoms with Gasteiger partial charge in [-0.1, -0.05) is 18.3 Å². The monoisotopic (exact) mass is 264 g/mol. The van der Waals surface area contributed by atoms with Crippen LogP contribution in [0, 0.1) is 0 Å². The Labute approximate surface area is 112 Å². The number of piperazine rings is 1. The highest BCUT2D eigenvalue weighted by Gasteiger charge is 2.21. The molecule has 0 radical (unpaired) electrons. The summed E-state index contributed by atoms with van der Waals surface area (Å²) >= 11 is 4.98. The fourth-order valence-corrected chi connectivity index (χ4v) is 2.15. The molecule has 2 N–H and O–H groups in total.